The van der Waals surface area contributed by atoms with E-state index in [4.69, 9.17) is 11.6 Å². The number of piperazine rings is 1. The smallest absolute Gasteiger partial charge is 0.246 e. The molecule has 1 aromatic carbocycles. The predicted molar refractivity (Wildman–Crippen MR) is 80.7 cm³/mol. The van der Waals surface area contributed by atoms with E-state index < -0.39 is 5.54 Å². The maximum Gasteiger partial charge on any atom is 0.246 e. The highest BCUT2D eigenvalue weighted by atomic mass is 35.5. The number of halogens is 1. The summed E-state index contributed by atoms with van der Waals surface area (Å²) < 4.78 is 0. The van der Waals surface area contributed by atoms with Gasteiger partial charge >= 0.3 is 0 Å². The first-order chi connectivity index (χ1) is 9.89. The lowest BCUT2D eigenvalue weighted by atomic mass is 9.93. The van der Waals surface area contributed by atoms with Gasteiger partial charge in [0.05, 0.1) is 0 Å². The van der Waals surface area contributed by atoms with Crippen molar-refractivity contribution >= 4 is 23.4 Å². The molecule has 1 heterocycles. The first kappa shape index (κ1) is 14.4. The number of amides is 2. The van der Waals surface area contributed by atoms with Crippen LogP contribution in [0.5, 0.6) is 0 Å². The van der Waals surface area contributed by atoms with Crippen LogP contribution in [0.3, 0.4) is 0 Å². The van der Waals surface area contributed by atoms with E-state index in [1.165, 1.54) is 0 Å². The second-order valence-electron chi connectivity index (χ2n) is 6.40. The van der Waals surface area contributed by atoms with Crippen LogP contribution in [0.15, 0.2) is 24.3 Å². The molecule has 1 saturated carbocycles. The quantitative estimate of drug-likeness (QED) is 0.932. The summed E-state index contributed by atoms with van der Waals surface area (Å²) in [6, 6.07) is 7.04. The summed E-state index contributed by atoms with van der Waals surface area (Å²) in [7, 11) is 0. The van der Waals surface area contributed by atoms with Gasteiger partial charge in [0.15, 0.2) is 0 Å². The zero-order chi connectivity index (χ0) is 15.2. The van der Waals surface area contributed by atoms with E-state index in [0.29, 0.717) is 17.5 Å². The maximum atomic E-state index is 12.7. The van der Waals surface area contributed by atoms with Crippen LogP contribution in [-0.4, -0.2) is 28.3 Å². The van der Waals surface area contributed by atoms with Crippen LogP contribution >= 0.6 is 11.6 Å². The molecule has 3 rings (SSSR count). The fourth-order valence-electron chi connectivity index (χ4n) is 2.74. The minimum Gasteiger partial charge on any atom is -0.342 e. The summed E-state index contributed by atoms with van der Waals surface area (Å²) >= 11 is 5.89. The van der Waals surface area contributed by atoms with Gasteiger partial charge in [-0.15, -0.1) is 0 Å². The first-order valence-corrected chi connectivity index (χ1v) is 7.64. The normalized spacial score (nSPS) is 24.9. The second-order valence-corrected chi connectivity index (χ2v) is 6.83. The third-order valence-electron chi connectivity index (χ3n) is 4.40. The number of nitrogens with one attached hydrogen (secondary N) is 1. The fourth-order valence-corrected chi connectivity index (χ4v) is 2.87. The Morgan fingerprint density at radius 1 is 1.24 bits per heavy atom. The van der Waals surface area contributed by atoms with Crippen LogP contribution in [0, 0.1) is 5.92 Å². The molecule has 1 N–H and O–H groups in total. The summed E-state index contributed by atoms with van der Waals surface area (Å²) in [6.07, 6.45) is 2.04. The Bertz CT molecular complexity index is 578. The van der Waals surface area contributed by atoms with Crippen LogP contribution < -0.4 is 5.32 Å². The van der Waals surface area contributed by atoms with Crippen LogP contribution in [0.2, 0.25) is 5.02 Å². The minimum absolute atomic E-state index is 0.0250. The van der Waals surface area contributed by atoms with Crippen LogP contribution in [-0.2, 0) is 16.1 Å². The molecule has 1 aromatic rings. The summed E-state index contributed by atoms with van der Waals surface area (Å²) in [4.78, 5) is 26.7. The van der Waals surface area contributed by atoms with Crippen molar-refractivity contribution in [3.63, 3.8) is 0 Å². The highest BCUT2D eigenvalue weighted by molar-refractivity contribution is 6.30. The van der Waals surface area contributed by atoms with Crippen molar-refractivity contribution in [3.8, 4) is 0 Å². The monoisotopic (exact) mass is 306 g/mol. The molecule has 2 amide bonds. The molecule has 21 heavy (non-hydrogen) atoms. The molecule has 1 saturated heterocycles. The molecule has 0 bridgehead atoms. The van der Waals surface area contributed by atoms with E-state index in [9.17, 15) is 9.59 Å². The molecule has 1 unspecified atom stereocenters. The lowest BCUT2D eigenvalue weighted by Crippen LogP contribution is -2.68. The lowest BCUT2D eigenvalue weighted by molar-refractivity contribution is -0.156. The summed E-state index contributed by atoms with van der Waals surface area (Å²) in [6.45, 7) is 4.01. The van der Waals surface area contributed by atoms with Crippen molar-refractivity contribution < 1.29 is 9.59 Å². The van der Waals surface area contributed by atoms with E-state index in [1.807, 2.05) is 12.1 Å². The SMILES string of the molecule is CC1(C)C(=O)NC(C2CC2)C(=O)N1Cc1ccc(Cl)cc1. The van der Waals surface area contributed by atoms with E-state index in [1.54, 1.807) is 30.9 Å². The van der Waals surface area contributed by atoms with Gasteiger partial charge in [-0.1, -0.05) is 23.7 Å². The van der Waals surface area contributed by atoms with E-state index in [0.717, 1.165) is 18.4 Å². The molecule has 112 valence electrons. The van der Waals surface area contributed by atoms with Crippen LogP contribution in [0.25, 0.3) is 0 Å². The van der Waals surface area contributed by atoms with Gasteiger partial charge in [-0.2, -0.15) is 0 Å². The Kier molecular flexibility index (Phi) is 3.44. The number of benzene rings is 1. The third-order valence-corrected chi connectivity index (χ3v) is 4.65. The number of carbonyl (C=O) groups excluding carboxylic acids is 2. The molecule has 4 nitrogen and oxygen atoms in total. The number of hydrogen-bond acceptors (Lipinski definition) is 2. The largest absolute Gasteiger partial charge is 0.342 e. The van der Waals surface area contributed by atoms with Gasteiger partial charge in [-0.05, 0) is 50.3 Å². The number of rotatable bonds is 3. The third kappa shape index (κ3) is 2.64. The van der Waals surface area contributed by atoms with Crippen molar-refractivity contribution in [1.82, 2.24) is 10.2 Å². The van der Waals surface area contributed by atoms with E-state index in [-0.39, 0.29) is 17.9 Å². The van der Waals surface area contributed by atoms with Gasteiger partial charge in [-0.3, -0.25) is 9.59 Å². The highest BCUT2D eigenvalue weighted by Gasteiger charge is 2.50. The molecule has 0 radical (unpaired) electrons. The van der Waals surface area contributed by atoms with Crippen LogP contribution in [0.4, 0.5) is 0 Å². The number of nitrogens with zero attached hydrogens (tertiary/aromatic N) is 1. The summed E-state index contributed by atoms with van der Waals surface area (Å²) in [5.41, 5.74) is 0.146. The Labute approximate surface area is 129 Å². The van der Waals surface area contributed by atoms with Gasteiger partial charge < -0.3 is 10.2 Å². The van der Waals surface area contributed by atoms with E-state index in [2.05, 4.69) is 5.32 Å². The highest BCUT2D eigenvalue weighted by Crippen LogP contribution is 2.37. The van der Waals surface area contributed by atoms with Gasteiger partial charge in [0, 0.05) is 11.6 Å². The Hall–Kier alpha value is -1.55. The molecule has 0 spiro atoms. The molecule has 2 aliphatic rings. The predicted octanol–water partition coefficient (Wildman–Crippen LogP) is 2.36. The second kappa shape index (κ2) is 5.02. The standard InChI is InChI=1S/C16H19ClN2O2/c1-16(2)15(21)18-13(11-5-6-11)14(20)19(16)9-10-3-7-12(17)8-4-10/h3-4,7-8,11,13H,5-6,9H2,1-2H3,(H,18,21). The molecule has 1 aliphatic carbocycles. The topological polar surface area (TPSA) is 49.4 Å². The maximum absolute atomic E-state index is 12.7. The Balaban J connectivity index is 1.86. The average molecular weight is 307 g/mol. The van der Waals surface area contributed by atoms with Crippen molar-refractivity contribution in [1.29, 1.82) is 0 Å². The van der Waals surface area contributed by atoms with Crippen molar-refractivity contribution in [3.05, 3.63) is 34.9 Å². The van der Waals surface area contributed by atoms with Gasteiger partial charge in [0.1, 0.15) is 11.6 Å². The lowest BCUT2D eigenvalue weighted by Gasteiger charge is -2.44. The van der Waals surface area contributed by atoms with Crippen LogP contribution in [0.1, 0.15) is 32.3 Å². The molecule has 1 atom stereocenters. The molecule has 2 fully saturated rings. The molecular weight excluding hydrogens is 288 g/mol. The minimum atomic E-state index is -0.831. The molecule has 0 aromatic heterocycles. The van der Waals surface area contributed by atoms with Gasteiger partial charge in [-0.25, -0.2) is 0 Å². The molecule has 1 aliphatic heterocycles. The summed E-state index contributed by atoms with van der Waals surface area (Å²) in [5.74, 6) is 0.260. The Morgan fingerprint density at radius 2 is 1.86 bits per heavy atom. The van der Waals surface area contributed by atoms with E-state index >= 15 is 0 Å². The zero-order valence-electron chi connectivity index (χ0n) is 12.2. The summed E-state index contributed by atoms with van der Waals surface area (Å²) in [5, 5.41) is 3.56. The van der Waals surface area contributed by atoms with Gasteiger partial charge in [0.25, 0.3) is 0 Å². The van der Waals surface area contributed by atoms with Crippen molar-refractivity contribution in [2.45, 2.75) is 44.8 Å². The zero-order valence-corrected chi connectivity index (χ0v) is 13.0. The van der Waals surface area contributed by atoms with Crippen molar-refractivity contribution in [2.24, 2.45) is 5.92 Å². The molecular formula is C16H19ClN2O2. The van der Waals surface area contributed by atoms with Gasteiger partial charge in [0.2, 0.25) is 11.8 Å². The fraction of sp³-hybridized carbons (Fsp3) is 0.500. The Morgan fingerprint density at radius 3 is 2.43 bits per heavy atom. The molecule has 5 heteroatoms. The number of carbonyl (C=O) groups is 2. The average Bonchev–Trinajstić information content (AvgIpc) is 3.26. The van der Waals surface area contributed by atoms with Crippen molar-refractivity contribution in [2.75, 3.05) is 0 Å². The number of hydrogen-bond donors (Lipinski definition) is 1. The first-order valence-electron chi connectivity index (χ1n) is 7.26.